The molecule has 0 spiro atoms. The normalized spacial score (nSPS) is 17.5. The smallest absolute Gasteiger partial charge is 0.262 e. The summed E-state index contributed by atoms with van der Waals surface area (Å²) in [7, 11) is -3.87. The average molecular weight is 461 g/mol. The predicted octanol–water partition coefficient (Wildman–Crippen LogP) is 3.90. The number of amides is 1. The van der Waals surface area contributed by atoms with Crippen LogP contribution in [0.15, 0.2) is 114 Å². The van der Waals surface area contributed by atoms with Crippen LogP contribution in [0, 0.1) is 0 Å². The van der Waals surface area contributed by atoms with Crippen LogP contribution < -0.4 is 15.4 Å². The van der Waals surface area contributed by atoms with E-state index >= 15 is 0 Å². The number of nitrogens with one attached hydrogen (secondary N) is 2. The fourth-order valence-electron chi connectivity index (χ4n) is 3.52. The van der Waals surface area contributed by atoms with Gasteiger partial charge in [-0.25, -0.2) is 8.42 Å². The van der Waals surface area contributed by atoms with Crippen LogP contribution >= 0.6 is 0 Å². The first-order chi connectivity index (χ1) is 16.0. The topological polar surface area (TPSA) is 84.5 Å². The van der Waals surface area contributed by atoms with Crippen LogP contribution in [0.2, 0.25) is 0 Å². The molecule has 0 unspecified atom stereocenters. The molecule has 33 heavy (non-hydrogen) atoms. The molecule has 0 aromatic heterocycles. The molecular weight excluding hydrogens is 436 g/mol. The van der Waals surface area contributed by atoms with Gasteiger partial charge in [-0.05, 0) is 29.8 Å². The molecule has 168 valence electrons. The zero-order chi connectivity index (χ0) is 23.2. The highest BCUT2D eigenvalue weighted by Crippen LogP contribution is 2.37. The highest BCUT2D eigenvalue weighted by atomic mass is 32.2. The highest BCUT2D eigenvalue weighted by molar-refractivity contribution is 7.93. The van der Waals surface area contributed by atoms with E-state index in [0.29, 0.717) is 5.75 Å². The summed E-state index contributed by atoms with van der Waals surface area (Å²) in [5.41, 5.74) is 1.24. The number of benzene rings is 3. The Bertz CT molecular complexity index is 1260. The number of hydrogen-bond acceptors (Lipinski definition) is 5. The summed E-state index contributed by atoms with van der Waals surface area (Å²) in [6, 6.07) is 26.8. The number of sulfone groups is 1. The van der Waals surface area contributed by atoms with Crippen LogP contribution in [0.5, 0.6) is 5.75 Å². The Kier molecular flexibility index (Phi) is 6.60. The van der Waals surface area contributed by atoms with Crippen molar-refractivity contribution in [2.45, 2.75) is 16.2 Å². The Hall–Kier alpha value is -3.84. The Balaban J connectivity index is 1.55. The van der Waals surface area contributed by atoms with E-state index in [1.165, 1.54) is 6.20 Å². The molecule has 0 fully saturated rings. The second kappa shape index (κ2) is 9.75. The molecule has 1 amide bonds. The summed E-state index contributed by atoms with van der Waals surface area (Å²) in [5.74, 6) is 0.119. The largest absolute Gasteiger partial charge is 0.484 e. The van der Waals surface area contributed by atoms with Crippen LogP contribution in [-0.4, -0.2) is 25.8 Å². The Morgan fingerprint density at radius 1 is 0.909 bits per heavy atom. The Morgan fingerprint density at radius 2 is 1.52 bits per heavy atom. The molecule has 0 saturated heterocycles. The second-order valence-electron chi connectivity index (χ2n) is 7.51. The molecule has 0 aliphatic carbocycles. The lowest BCUT2D eigenvalue weighted by molar-refractivity contribution is -0.122. The van der Waals surface area contributed by atoms with Gasteiger partial charge in [0, 0.05) is 12.6 Å². The molecule has 4 rings (SSSR count). The lowest BCUT2D eigenvalue weighted by Gasteiger charge is -2.42. The van der Waals surface area contributed by atoms with Crippen LogP contribution in [-0.2, 0) is 14.6 Å². The van der Waals surface area contributed by atoms with Gasteiger partial charge in [-0.1, -0.05) is 78.9 Å². The van der Waals surface area contributed by atoms with Crippen LogP contribution in [0.3, 0.4) is 0 Å². The van der Waals surface area contributed by atoms with Gasteiger partial charge in [0.2, 0.25) is 9.84 Å². The van der Waals surface area contributed by atoms with Crippen LogP contribution in [0.4, 0.5) is 0 Å². The fourth-order valence-corrected chi connectivity index (χ4v) is 5.37. The third-order valence-corrected chi connectivity index (χ3v) is 7.61. The molecule has 7 heteroatoms. The third kappa shape index (κ3) is 4.83. The number of para-hydroxylation sites is 1. The van der Waals surface area contributed by atoms with Crippen LogP contribution in [0.1, 0.15) is 12.0 Å². The van der Waals surface area contributed by atoms with E-state index in [1.807, 2.05) is 54.6 Å². The van der Waals surface area contributed by atoms with Crippen molar-refractivity contribution in [3.8, 4) is 5.75 Å². The quantitative estimate of drug-likeness (QED) is 0.506. The first kappa shape index (κ1) is 22.4. The molecule has 6 nitrogen and oxygen atoms in total. The van der Waals surface area contributed by atoms with Gasteiger partial charge in [-0.15, -0.1) is 0 Å². The SMILES string of the molecule is O=C(COc1ccccc1)NC1=CN[C@@]1(C/C=C/c1ccccc1)S(=O)(=O)c1ccccc1. The van der Waals surface area contributed by atoms with Gasteiger partial charge in [0.25, 0.3) is 5.91 Å². The Labute approximate surface area is 193 Å². The van der Waals surface area contributed by atoms with Crippen LogP contribution in [0.25, 0.3) is 6.08 Å². The van der Waals surface area contributed by atoms with E-state index in [-0.39, 0.29) is 23.6 Å². The predicted molar refractivity (Wildman–Crippen MR) is 128 cm³/mol. The first-order valence-electron chi connectivity index (χ1n) is 10.5. The first-order valence-corrected chi connectivity index (χ1v) is 12.0. The minimum Gasteiger partial charge on any atom is -0.484 e. The van der Waals surface area contributed by atoms with Gasteiger partial charge in [-0.2, -0.15) is 0 Å². The van der Waals surface area contributed by atoms with Crippen molar-refractivity contribution in [3.63, 3.8) is 0 Å². The third-order valence-electron chi connectivity index (χ3n) is 5.30. The van der Waals surface area contributed by atoms with Crippen molar-refractivity contribution in [2.75, 3.05) is 6.61 Å². The summed E-state index contributed by atoms with van der Waals surface area (Å²) >= 11 is 0. The van der Waals surface area contributed by atoms with E-state index in [2.05, 4.69) is 10.6 Å². The standard InChI is InChI=1S/C26H24N2O4S/c29-25(20-32-22-14-6-2-7-15-22)28-24-19-27-26(24,18-10-13-21-11-4-1-5-12-21)33(30,31)23-16-8-3-9-17-23/h1-17,19,27H,18,20H2,(H,28,29)/b13-10+/t26-/m0/s1. The molecule has 2 N–H and O–H groups in total. The van der Waals surface area contributed by atoms with Crippen molar-refractivity contribution in [1.82, 2.24) is 10.6 Å². The molecule has 1 aliphatic rings. The van der Waals surface area contributed by atoms with E-state index in [1.54, 1.807) is 48.5 Å². The molecule has 0 saturated carbocycles. The molecule has 3 aromatic rings. The van der Waals surface area contributed by atoms with Gasteiger partial charge in [-0.3, -0.25) is 4.79 Å². The minimum absolute atomic E-state index is 0.130. The number of rotatable bonds is 9. The van der Waals surface area contributed by atoms with Gasteiger partial charge in [0.05, 0.1) is 10.6 Å². The van der Waals surface area contributed by atoms with Crippen molar-refractivity contribution >= 4 is 21.8 Å². The lowest BCUT2D eigenvalue weighted by atomic mass is 10.0. The minimum atomic E-state index is -3.87. The Morgan fingerprint density at radius 3 is 2.12 bits per heavy atom. The molecule has 3 aromatic carbocycles. The zero-order valence-electron chi connectivity index (χ0n) is 17.8. The maximum Gasteiger partial charge on any atom is 0.262 e. The molecule has 0 bridgehead atoms. The summed E-state index contributed by atoms with van der Waals surface area (Å²) in [5, 5.41) is 5.68. The maximum absolute atomic E-state index is 13.6. The fraction of sp³-hybridized carbons (Fsp3) is 0.115. The van der Waals surface area contributed by atoms with E-state index in [0.717, 1.165) is 5.56 Å². The second-order valence-corrected chi connectivity index (χ2v) is 9.69. The molecule has 1 heterocycles. The van der Waals surface area contributed by atoms with Crippen molar-refractivity contribution in [1.29, 1.82) is 0 Å². The highest BCUT2D eigenvalue weighted by Gasteiger charge is 2.52. The van der Waals surface area contributed by atoms with E-state index in [4.69, 9.17) is 4.74 Å². The molecule has 1 atom stereocenters. The number of ether oxygens (including phenoxy) is 1. The van der Waals surface area contributed by atoms with Gasteiger partial charge in [0.1, 0.15) is 5.75 Å². The number of carbonyl (C=O) groups is 1. The van der Waals surface area contributed by atoms with Crippen molar-refractivity contribution < 1.29 is 17.9 Å². The van der Waals surface area contributed by atoms with Crippen molar-refractivity contribution in [2.24, 2.45) is 0 Å². The van der Waals surface area contributed by atoms with Gasteiger partial charge < -0.3 is 15.4 Å². The zero-order valence-corrected chi connectivity index (χ0v) is 18.7. The summed E-state index contributed by atoms with van der Waals surface area (Å²) in [6.07, 6.45) is 5.30. The molecule has 1 aliphatic heterocycles. The van der Waals surface area contributed by atoms with E-state index < -0.39 is 20.6 Å². The molecular formula is C26H24N2O4S. The lowest BCUT2D eigenvalue weighted by Crippen LogP contribution is -2.62. The van der Waals surface area contributed by atoms with Gasteiger partial charge in [0.15, 0.2) is 11.5 Å². The monoisotopic (exact) mass is 460 g/mol. The molecule has 0 radical (unpaired) electrons. The van der Waals surface area contributed by atoms with Crippen molar-refractivity contribution in [3.05, 3.63) is 115 Å². The number of hydrogen-bond donors (Lipinski definition) is 2. The average Bonchev–Trinajstić information content (AvgIpc) is 2.85. The summed E-state index contributed by atoms with van der Waals surface area (Å²) in [6.45, 7) is -0.233. The summed E-state index contributed by atoms with van der Waals surface area (Å²) in [4.78, 5) is 11.2. The summed E-state index contributed by atoms with van der Waals surface area (Å²) < 4.78 is 32.8. The van der Waals surface area contributed by atoms with E-state index in [9.17, 15) is 13.2 Å². The number of carbonyl (C=O) groups excluding carboxylic acids is 1. The van der Waals surface area contributed by atoms with Gasteiger partial charge >= 0.3 is 0 Å². The maximum atomic E-state index is 13.6.